The predicted molar refractivity (Wildman–Crippen MR) is 88.9 cm³/mol. The molecule has 2 rings (SSSR count). The first-order valence-electron chi connectivity index (χ1n) is 7.51. The van der Waals surface area contributed by atoms with Crippen molar-refractivity contribution in [3.8, 4) is 0 Å². The standard InChI is InChI=1S/C16H22N2O4S/c1-11-5-4-6-12(2)15(11)17-14(19)9-18(3)16(20)13-7-8-23(21,22)10-13/h4-6,13H,7-10H2,1-3H3,(H,17,19)/t13-/m1/s1. The molecule has 1 N–H and O–H groups in total. The van der Waals surface area contributed by atoms with Gasteiger partial charge in [-0.2, -0.15) is 0 Å². The number of likely N-dealkylation sites (N-methyl/N-ethyl adjacent to an activating group) is 1. The third-order valence-corrected chi connectivity index (χ3v) is 5.85. The Hall–Kier alpha value is -1.89. The van der Waals surface area contributed by atoms with Gasteiger partial charge in [0.25, 0.3) is 0 Å². The number of sulfone groups is 1. The Kier molecular flexibility index (Phi) is 5.09. The van der Waals surface area contributed by atoms with Gasteiger partial charge in [-0.3, -0.25) is 9.59 Å². The fraction of sp³-hybridized carbons (Fsp3) is 0.500. The van der Waals surface area contributed by atoms with Gasteiger partial charge in [-0.25, -0.2) is 8.42 Å². The summed E-state index contributed by atoms with van der Waals surface area (Å²) in [5.41, 5.74) is 2.66. The van der Waals surface area contributed by atoms with E-state index in [4.69, 9.17) is 0 Å². The normalized spacial score (nSPS) is 19.3. The highest BCUT2D eigenvalue weighted by atomic mass is 32.2. The van der Waals surface area contributed by atoms with Crippen LogP contribution in [0.25, 0.3) is 0 Å². The summed E-state index contributed by atoms with van der Waals surface area (Å²) < 4.78 is 22.9. The second-order valence-electron chi connectivity index (χ2n) is 6.11. The molecular weight excluding hydrogens is 316 g/mol. The monoisotopic (exact) mass is 338 g/mol. The van der Waals surface area contributed by atoms with E-state index in [-0.39, 0.29) is 29.9 Å². The van der Waals surface area contributed by atoms with E-state index in [1.54, 1.807) is 0 Å². The van der Waals surface area contributed by atoms with Crippen LogP contribution in [-0.2, 0) is 19.4 Å². The molecule has 0 aromatic heterocycles. The molecule has 0 bridgehead atoms. The van der Waals surface area contributed by atoms with Gasteiger partial charge in [0, 0.05) is 12.7 Å². The average molecular weight is 338 g/mol. The number of benzene rings is 1. The first kappa shape index (κ1) is 17.5. The van der Waals surface area contributed by atoms with Gasteiger partial charge >= 0.3 is 0 Å². The molecule has 1 fully saturated rings. The van der Waals surface area contributed by atoms with E-state index >= 15 is 0 Å². The van der Waals surface area contributed by atoms with Crippen LogP contribution in [0.2, 0.25) is 0 Å². The van der Waals surface area contributed by atoms with Crippen LogP contribution in [0.15, 0.2) is 18.2 Å². The molecule has 1 saturated heterocycles. The van der Waals surface area contributed by atoms with Gasteiger partial charge in [0.1, 0.15) is 0 Å². The van der Waals surface area contributed by atoms with Crippen molar-refractivity contribution in [2.24, 2.45) is 5.92 Å². The molecule has 1 aliphatic heterocycles. The van der Waals surface area contributed by atoms with Crippen molar-refractivity contribution >= 4 is 27.3 Å². The first-order chi connectivity index (χ1) is 10.7. The van der Waals surface area contributed by atoms with Gasteiger partial charge in [0.15, 0.2) is 9.84 Å². The van der Waals surface area contributed by atoms with Crippen LogP contribution in [0.1, 0.15) is 17.5 Å². The molecule has 1 aromatic carbocycles. The number of hydrogen-bond donors (Lipinski definition) is 1. The summed E-state index contributed by atoms with van der Waals surface area (Å²) in [5.74, 6) is -1.18. The van der Waals surface area contributed by atoms with Crippen molar-refractivity contribution in [3.05, 3.63) is 29.3 Å². The van der Waals surface area contributed by atoms with Crippen LogP contribution < -0.4 is 5.32 Å². The summed E-state index contributed by atoms with van der Waals surface area (Å²) in [6, 6.07) is 5.72. The molecule has 0 unspecified atom stereocenters. The zero-order valence-electron chi connectivity index (χ0n) is 13.6. The van der Waals surface area contributed by atoms with Crippen molar-refractivity contribution in [1.29, 1.82) is 0 Å². The largest absolute Gasteiger partial charge is 0.336 e. The van der Waals surface area contributed by atoms with Crippen LogP contribution in [0.3, 0.4) is 0 Å². The summed E-state index contributed by atoms with van der Waals surface area (Å²) >= 11 is 0. The van der Waals surface area contributed by atoms with Gasteiger partial charge in [-0.15, -0.1) is 0 Å². The highest BCUT2D eigenvalue weighted by Crippen LogP contribution is 2.21. The lowest BCUT2D eigenvalue weighted by atomic mass is 10.1. The fourth-order valence-corrected chi connectivity index (χ4v) is 4.52. The zero-order valence-corrected chi connectivity index (χ0v) is 14.4. The van der Waals surface area contributed by atoms with E-state index in [9.17, 15) is 18.0 Å². The maximum atomic E-state index is 12.2. The number of nitrogens with zero attached hydrogens (tertiary/aromatic N) is 1. The third kappa shape index (κ3) is 4.31. The first-order valence-corrected chi connectivity index (χ1v) is 9.33. The number of amides is 2. The molecular formula is C16H22N2O4S. The number of carbonyl (C=O) groups excluding carboxylic acids is 2. The molecule has 1 aromatic rings. The number of rotatable bonds is 4. The molecule has 2 amide bonds. The molecule has 0 aliphatic carbocycles. The summed E-state index contributed by atoms with van der Waals surface area (Å²) in [7, 11) is -1.58. The van der Waals surface area contributed by atoms with Gasteiger partial charge in [-0.05, 0) is 31.4 Å². The molecule has 126 valence electrons. The lowest BCUT2D eigenvalue weighted by Crippen LogP contribution is -2.39. The van der Waals surface area contributed by atoms with Crippen LogP contribution in [0.4, 0.5) is 5.69 Å². The highest BCUT2D eigenvalue weighted by molar-refractivity contribution is 7.91. The maximum Gasteiger partial charge on any atom is 0.243 e. The number of nitrogens with one attached hydrogen (secondary N) is 1. The summed E-state index contributed by atoms with van der Waals surface area (Å²) in [5, 5.41) is 2.82. The smallest absolute Gasteiger partial charge is 0.243 e. The quantitative estimate of drug-likeness (QED) is 0.892. The molecule has 0 saturated carbocycles. The second kappa shape index (κ2) is 6.70. The molecule has 6 nitrogen and oxygen atoms in total. The lowest BCUT2D eigenvalue weighted by molar-refractivity contribution is -0.136. The fourth-order valence-electron chi connectivity index (χ4n) is 2.79. The third-order valence-electron chi connectivity index (χ3n) is 4.08. The number of hydrogen-bond acceptors (Lipinski definition) is 4. The zero-order chi connectivity index (χ0) is 17.2. The van der Waals surface area contributed by atoms with Crippen molar-refractivity contribution < 1.29 is 18.0 Å². The van der Waals surface area contributed by atoms with E-state index in [1.165, 1.54) is 11.9 Å². The molecule has 7 heteroatoms. The van der Waals surface area contributed by atoms with Gasteiger partial charge in [0.2, 0.25) is 11.8 Å². The molecule has 0 spiro atoms. The molecule has 23 heavy (non-hydrogen) atoms. The number of anilines is 1. The molecule has 1 atom stereocenters. The van der Waals surface area contributed by atoms with Crippen molar-refractivity contribution in [2.75, 3.05) is 30.4 Å². The van der Waals surface area contributed by atoms with Crippen molar-refractivity contribution in [3.63, 3.8) is 0 Å². The predicted octanol–water partition coefficient (Wildman–Crippen LogP) is 1.14. The van der Waals surface area contributed by atoms with E-state index in [0.29, 0.717) is 6.42 Å². The van der Waals surface area contributed by atoms with E-state index < -0.39 is 15.8 Å². The number of para-hydroxylation sites is 1. The lowest BCUT2D eigenvalue weighted by Gasteiger charge is -2.20. The Morgan fingerprint density at radius 2 is 1.87 bits per heavy atom. The van der Waals surface area contributed by atoms with Crippen molar-refractivity contribution in [2.45, 2.75) is 20.3 Å². The van der Waals surface area contributed by atoms with Gasteiger partial charge < -0.3 is 10.2 Å². The van der Waals surface area contributed by atoms with Crippen LogP contribution in [0, 0.1) is 19.8 Å². The van der Waals surface area contributed by atoms with Crippen molar-refractivity contribution in [1.82, 2.24) is 4.90 Å². The Balaban J connectivity index is 1.96. The van der Waals surface area contributed by atoms with E-state index in [0.717, 1.165) is 16.8 Å². The summed E-state index contributed by atoms with van der Waals surface area (Å²) in [4.78, 5) is 25.7. The highest BCUT2D eigenvalue weighted by Gasteiger charge is 2.34. The van der Waals surface area contributed by atoms with Crippen LogP contribution in [0.5, 0.6) is 0 Å². The molecule has 1 aliphatic rings. The molecule has 1 heterocycles. The van der Waals surface area contributed by atoms with Crippen LogP contribution >= 0.6 is 0 Å². The average Bonchev–Trinajstić information content (AvgIpc) is 2.82. The minimum atomic E-state index is -3.11. The Morgan fingerprint density at radius 3 is 2.39 bits per heavy atom. The number of aryl methyl sites for hydroxylation is 2. The van der Waals surface area contributed by atoms with Crippen LogP contribution in [-0.4, -0.2) is 50.2 Å². The van der Waals surface area contributed by atoms with Gasteiger partial charge in [0.05, 0.1) is 24.0 Å². The summed E-state index contributed by atoms with van der Waals surface area (Å²) in [6.45, 7) is 3.71. The second-order valence-corrected chi connectivity index (χ2v) is 8.34. The van der Waals surface area contributed by atoms with Gasteiger partial charge in [-0.1, -0.05) is 18.2 Å². The molecule has 0 radical (unpaired) electrons. The maximum absolute atomic E-state index is 12.2. The van der Waals surface area contributed by atoms with E-state index in [2.05, 4.69) is 5.32 Å². The summed E-state index contributed by atoms with van der Waals surface area (Å²) in [6.07, 6.45) is 0.337. The Morgan fingerprint density at radius 1 is 1.26 bits per heavy atom. The topological polar surface area (TPSA) is 83.6 Å². The minimum absolute atomic E-state index is 0.0475. The Bertz CT molecular complexity index is 707. The van der Waals surface area contributed by atoms with E-state index in [1.807, 2.05) is 32.0 Å². The number of carbonyl (C=O) groups is 2. The SMILES string of the molecule is Cc1cccc(C)c1NC(=O)CN(C)C(=O)[C@@H]1CCS(=O)(=O)C1. The Labute approximate surface area is 136 Å². The minimum Gasteiger partial charge on any atom is -0.336 e.